The van der Waals surface area contributed by atoms with Crippen molar-refractivity contribution < 1.29 is 9.47 Å². The Hall–Kier alpha value is -0.740. The van der Waals surface area contributed by atoms with Gasteiger partial charge in [-0.25, -0.2) is 0 Å². The van der Waals surface area contributed by atoms with Crippen molar-refractivity contribution in [2.24, 2.45) is 5.73 Å². The summed E-state index contributed by atoms with van der Waals surface area (Å²) in [5, 5.41) is 0. The van der Waals surface area contributed by atoms with Crippen molar-refractivity contribution in [3.05, 3.63) is 22.2 Å². The van der Waals surface area contributed by atoms with Crippen molar-refractivity contribution in [3.8, 4) is 11.5 Å². The van der Waals surface area contributed by atoms with Crippen molar-refractivity contribution in [1.82, 2.24) is 0 Å². The van der Waals surface area contributed by atoms with E-state index in [1.807, 2.05) is 0 Å². The van der Waals surface area contributed by atoms with Crippen LogP contribution in [-0.2, 0) is 5.41 Å². The molecule has 0 heterocycles. The molecular weight excluding hydrogens is 306 g/mol. The van der Waals surface area contributed by atoms with E-state index in [4.69, 9.17) is 15.2 Å². The average Bonchev–Trinajstić information content (AvgIpc) is 2.47. The Morgan fingerprint density at radius 3 is 2.37 bits per heavy atom. The maximum Gasteiger partial charge on any atom is 0.174 e. The number of benzene rings is 1. The minimum absolute atomic E-state index is 0.0975. The van der Waals surface area contributed by atoms with E-state index in [0.717, 1.165) is 28.8 Å². The van der Waals surface area contributed by atoms with E-state index in [1.165, 1.54) is 24.8 Å². The number of nitrogens with two attached hydrogens (primary N) is 1. The summed E-state index contributed by atoms with van der Waals surface area (Å²) in [7, 11) is 3.33. The molecular formula is C15H22BrNO2. The molecule has 1 aromatic rings. The van der Waals surface area contributed by atoms with Crippen LogP contribution in [0.25, 0.3) is 0 Å². The quantitative estimate of drug-likeness (QED) is 0.918. The van der Waals surface area contributed by atoms with Crippen LogP contribution < -0.4 is 15.2 Å². The van der Waals surface area contributed by atoms with Gasteiger partial charge in [-0.05, 0) is 46.5 Å². The first kappa shape index (κ1) is 14.7. The van der Waals surface area contributed by atoms with Crippen molar-refractivity contribution in [2.75, 3.05) is 20.8 Å². The molecule has 0 atom stereocenters. The van der Waals surface area contributed by atoms with Crippen LogP contribution in [0.3, 0.4) is 0 Å². The predicted octanol–water partition coefficient (Wildman–Crippen LogP) is 3.63. The summed E-state index contributed by atoms with van der Waals surface area (Å²) in [6.45, 7) is 0.689. The summed E-state index contributed by atoms with van der Waals surface area (Å²) in [6.07, 6.45) is 6.14. The molecule has 3 nitrogen and oxygen atoms in total. The van der Waals surface area contributed by atoms with E-state index < -0.39 is 0 Å². The zero-order valence-electron chi connectivity index (χ0n) is 11.7. The van der Waals surface area contributed by atoms with Crippen LogP contribution in [0.4, 0.5) is 0 Å². The lowest BCUT2D eigenvalue weighted by Gasteiger charge is -2.37. The molecule has 0 saturated heterocycles. The summed E-state index contributed by atoms with van der Waals surface area (Å²) in [5.74, 6) is 1.51. The van der Waals surface area contributed by atoms with Crippen LogP contribution in [0.2, 0.25) is 0 Å². The zero-order valence-corrected chi connectivity index (χ0v) is 13.3. The van der Waals surface area contributed by atoms with E-state index in [9.17, 15) is 0 Å². The number of ether oxygens (including phenoxy) is 2. The van der Waals surface area contributed by atoms with Crippen molar-refractivity contribution in [2.45, 2.75) is 37.5 Å². The van der Waals surface area contributed by atoms with E-state index in [1.54, 1.807) is 14.2 Å². The van der Waals surface area contributed by atoms with Gasteiger partial charge in [0.25, 0.3) is 0 Å². The number of halogens is 1. The lowest BCUT2D eigenvalue weighted by Crippen LogP contribution is -2.37. The highest BCUT2D eigenvalue weighted by Gasteiger charge is 2.33. The van der Waals surface area contributed by atoms with Gasteiger partial charge in [0.15, 0.2) is 11.5 Å². The smallest absolute Gasteiger partial charge is 0.174 e. The van der Waals surface area contributed by atoms with Gasteiger partial charge in [-0.3, -0.25) is 0 Å². The van der Waals surface area contributed by atoms with Gasteiger partial charge in [-0.15, -0.1) is 0 Å². The molecule has 1 fully saturated rings. The summed E-state index contributed by atoms with van der Waals surface area (Å²) in [6, 6.07) is 4.22. The number of rotatable bonds is 4. The Bertz CT molecular complexity index is 442. The molecule has 19 heavy (non-hydrogen) atoms. The Kier molecular flexibility index (Phi) is 4.74. The highest BCUT2D eigenvalue weighted by molar-refractivity contribution is 9.10. The van der Waals surface area contributed by atoms with E-state index in [0.29, 0.717) is 6.54 Å². The van der Waals surface area contributed by atoms with Gasteiger partial charge in [0.05, 0.1) is 18.7 Å². The molecule has 106 valence electrons. The fourth-order valence-corrected chi connectivity index (χ4v) is 3.67. The monoisotopic (exact) mass is 327 g/mol. The average molecular weight is 328 g/mol. The van der Waals surface area contributed by atoms with Gasteiger partial charge < -0.3 is 15.2 Å². The third kappa shape index (κ3) is 2.75. The molecule has 2 N–H and O–H groups in total. The lowest BCUT2D eigenvalue weighted by molar-refractivity contribution is 0.297. The van der Waals surface area contributed by atoms with Gasteiger partial charge in [-0.1, -0.05) is 19.3 Å². The molecule has 0 spiro atoms. The first-order chi connectivity index (χ1) is 9.16. The van der Waals surface area contributed by atoms with Crippen LogP contribution in [0.15, 0.2) is 16.6 Å². The molecule has 4 heteroatoms. The third-order valence-corrected chi connectivity index (χ3v) is 4.84. The second-order valence-corrected chi connectivity index (χ2v) is 6.09. The SMILES string of the molecule is COc1cc(C2(CN)CCCCC2)cc(Br)c1OC. The predicted molar refractivity (Wildman–Crippen MR) is 81.1 cm³/mol. The molecule has 0 radical (unpaired) electrons. The van der Waals surface area contributed by atoms with E-state index >= 15 is 0 Å². The Morgan fingerprint density at radius 1 is 1.16 bits per heavy atom. The molecule has 1 aliphatic carbocycles. The van der Waals surface area contributed by atoms with Crippen LogP contribution in [0.1, 0.15) is 37.7 Å². The minimum Gasteiger partial charge on any atom is -0.493 e. The second-order valence-electron chi connectivity index (χ2n) is 5.24. The highest BCUT2D eigenvalue weighted by atomic mass is 79.9. The summed E-state index contributed by atoms with van der Waals surface area (Å²) >= 11 is 3.57. The van der Waals surface area contributed by atoms with Gasteiger partial charge in [0.2, 0.25) is 0 Å². The molecule has 0 aromatic heterocycles. The van der Waals surface area contributed by atoms with Gasteiger partial charge in [-0.2, -0.15) is 0 Å². The molecule has 0 unspecified atom stereocenters. The normalized spacial score (nSPS) is 18.1. The summed E-state index contributed by atoms with van der Waals surface area (Å²) < 4.78 is 11.7. The summed E-state index contributed by atoms with van der Waals surface area (Å²) in [5.41, 5.74) is 7.46. The van der Waals surface area contributed by atoms with Crippen LogP contribution in [-0.4, -0.2) is 20.8 Å². The van der Waals surface area contributed by atoms with Crippen molar-refractivity contribution in [3.63, 3.8) is 0 Å². The first-order valence-corrected chi connectivity index (χ1v) is 7.58. The topological polar surface area (TPSA) is 44.5 Å². The van der Waals surface area contributed by atoms with Gasteiger partial charge in [0.1, 0.15) is 0 Å². The molecule has 0 bridgehead atoms. The molecule has 1 aromatic carbocycles. The van der Waals surface area contributed by atoms with Crippen molar-refractivity contribution in [1.29, 1.82) is 0 Å². The Morgan fingerprint density at radius 2 is 1.84 bits per heavy atom. The fourth-order valence-electron chi connectivity index (χ4n) is 3.06. The first-order valence-electron chi connectivity index (χ1n) is 6.79. The largest absolute Gasteiger partial charge is 0.493 e. The maximum absolute atomic E-state index is 6.10. The van der Waals surface area contributed by atoms with Gasteiger partial charge in [0, 0.05) is 12.0 Å². The van der Waals surface area contributed by atoms with Crippen LogP contribution >= 0.6 is 15.9 Å². The number of methoxy groups -OCH3 is 2. The second kappa shape index (κ2) is 6.14. The highest BCUT2D eigenvalue weighted by Crippen LogP contribution is 2.44. The standard InChI is InChI=1S/C15H22BrNO2/c1-18-13-9-11(8-12(16)14(13)19-2)15(10-17)6-4-3-5-7-15/h8-9H,3-7,10,17H2,1-2H3. The molecule has 2 rings (SSSR count). The lowest BCUT2D eigenvalue weighted by atomic mass is 9.69. The Balaban J connectivity index is 2.46. The van der Waals surface area contributed by atoms with Crippen molar-refractivity contribution >= 4 is 15.9 Å². The minimum atomic E-state index is 0.0975. The molecule has 1 saturated carbocycles. The zero-order chi connectivity index (χ0) is 13.9. The molecule has 1 aliphatic rings. The van der Waals surface area contributed by atoms with Crippen LogP contribution in [0, 0.1) is 0 Å². The maximum atomic E-state index is 6.10. The summed E-state index contributed by atoms with van der Waals surface area (Å²) in [4.78, 5) is 0. The molecule has 0 amide bonds. The fraction of sp³-hybridized carbons (Fsp3) is 0.600. The Labute approximate surface area is 123 Å². The van der Waals surface area contributed by atoms with Crippen LogP contribution in [0.5, 0.6) is 11.5 Å². The number of hydrogen-bond donors (Lipinski definition) is 1. The van der Waals surface area contributed by atoms with E-state index in [-0.39, 0.29) is 5.41 Å². The third-order valence-electron chi connectivity index (χ3n) is 4.25. The van der Waals surface area contributed by atoms with E-state index in [2.05, 4.69) is 28.1 Å². The molecule has 0 aliphatic heterocycles. The van der Waals surface area contributed by atoms with Gasteiger partial charge >= 0.3 is 0 Å². The number of hydrogen-bond acceptors (Lipinski definition) is 3.